The summed E-state index contributed by atoms with van der Waals surface area (Å²) in [5.41, 5.74) is 6.57. The van der Waals surface area contributed by atoms with E-state index in [4.69, 9.17) is 17.3 Å². The number of aromatic nitrogens is 2. The van der Waals surface area contributed by atoms with E-state index >= 15 is 4.39 Å². The molecule has 4 aromatic rings. The molecule has 1 aliphatic heterocycles. The summed E-state index contributed by atoms with van der Waals surface area (Å²) in [7, 11) is 0. The molecule has 9 nitrogen and oxygen atoms in total. The highest BCUT2D eigenvalue weighted by Crippen LogP contribution is 2.41. The monoisotopic (exact) mass is 628 g/mol. The van der Waals surface area contributed by atoms with E-state index in [1.807, 2.05) is 18.2 Å². The van der Waals surface area contributed by atoms with Gasteiger partial charge < -0.3 is 21.1 Å². The number of rotatable bonds is 9. The van der Waals surface area contributed by atoms with E-state index in [2.05, 4.69) is 20.6 Å². The Kier molecular flexibility index (Phi) is 8.54. The summed E-state index contributed by atoms with van der Waals surface area (Å²) in [6.45, 7) is -0.174. The predicted octanol–water partition coefficient (Wildman–Crippen LogP) is 5.79. The second-order valence-electron chi connectivity index (χ2n) is 11.9. The minimum absolute atomic E-state index is 0.0670. The van der Waals surface area contributed by atoms with Gasteiger partial charge in [-0.2, -0.15) is 0 Å². The third kappa shape index (κ3) is 6.68. The lowest BCUT2D eigenvalue weighted by molar-refractivity contribution is -0.119. The summed E-state index contributed by atoms with van der Waals surface area (Å²) in [5.74, 6) is -0.454. The highest BCUT2D eigenvalue weighted by molar-refractivity contribution is 6.30. The zero-order chi connectivity index (χ0) is 31.6. The van der Waals surface area contributed by atoms with Crippen molar-refractivity contribution in [1.82, 2.24) is 14.9 Å². The van der Waals surface area contributed by atoms with Crippen molar-refractivity contribution in [2.45, 2.75) is 49.3 Å². The molecule has 2 fully saturated rings. The molecule has 3 unspecified atom stereocenters. The van der Waals surface area contributed by atoms with Crippen LogP contribution in [0.2, 0.25) is 5.02 Å². The molecule has 3 atom stereocenters. The van der Waals surface area contributed by atoms with E-state index in [1.165, 1.54) is 36.1 Å². The molecular weight excluding hydrogens is 595 g/mol. The van der Waals surface area contributed by atoms with Crippen LogP contribution in [0, 0.1) is 11.7 Å². The number of pyridine rings is 2. The zero-order valence-electron chi connectivity index (χ0n) is 24.5. The van der Waals surface area contributed by atoms with Crippen molar-refractivity contribution in [2.24, 2.45) is 11.7 Å². The number of β-amino-alcohol motifs (C(OH)–C–C–N with tert-alkyl or cyclic N) is 1. The summed E-state index contributed by atoms with van der Waals surface area (Å²) in [6.07, 6.45) is 8.53. The molecule has 0 spiro atoms. The molecule has 1 aliphatic carbocycles. The molecule has 5 N–H and O–H groups in total. The van der Waals surface area contributed by atoms with Crippen molar-refractivity contribution in [2.75, 3.05) is 17.2 Å². The number of carbonyl (C=O) groups is 2. The van der Waals surface area contributed by atoms with Gasteiger partial charge in [0, 0.05) is 25.0 Å². The van der Waals surface area contributed by atoms with Crippen LogP contribution in [0.5, 0.6) is 0 Å². The van der Waals surface area contributed by atoms with Gasteiger partial charge in [0.2, 0.25) is 5.91 Å². The molecule has 1 saturated heterocycles. The van der Waals surface area contributed by atoms with E-state index < -0.39 is 34.9 Å². The Hall–Kier alpha value is -4.38. The Morgan fingerprint density at radius 2 is 1.80 bits per heavy atom. The van der Waals surface area contributed by atoms with Crippen LogP contribution in [-0.4, -0.2) is 44.5 Å². The second kappa shape index (κ2) is 12.5. The lowest BCUT2D eigenvalue weighted by atomic mass is 9.79. The number of carbonyl (C=O) groups excluding carboxylic acids is 2. The number of nitrogens with two attached hydrogens (primary N) is 1. The number of aliphatic hydroxyl groups is 1. The fourth-order valence-corrected chi connectivity index (χ4v) is 6.09. The van der Waals surface area contributed by atoms with Crippen molar-refractivity contribution in [1.29, 1.82) is 0 Å². The molecule has 6 rings (SSSR count). The first-order valence-corrected chi connectivity index (χ1v) is 15.3. The van der Waals surface area contributed by atoms with Crippen LogP contribution in [0.3, 0.4) is 0 Å². The van der Waals surface area contributed by atoms with Gasteiger partial charge in [-0.3, -0.25) is 15.1 Å². The number of likely N-dealkylation sites (tertiary alicyclic amines) is 1. The van der Waals surface area contributed by atoms with E-state index in [-0.39, 0.29) is 24.5 Å². The molecule has 3 heterocycles. The zero-order valence-corrected chi connectivity index (χ0v) is 25.3. The van der Waals surface area contributed by atoms with Gasteiger partial charge in [0.05, 0.1) is 22.8 Å². The van der Waals surface area contributed by atoms with Crippen molar-refractivity contribution in [3.63, 3.8) is 0 Å². The fraction of sp³-hybridized carbons (Fsp3) is 0.294. The van der Waals surface area contributed by atoms with Crippen molar-refractivity contribution < 1.29 is 19.1 Å². The van der Waals surface area contributed by atoms with Crippen LogP contribution in [0.15, 0.2) is 91.4 Å². The van der Waals surface area contributed by atoms with Gasteiger partial charge in [0.1, 0.15) is 23.3 Å². The summed E-state index contributed by atoms with van der Waals surface area (Å²) >= 11 is 5.93. The molecule has 2 aromatic carbocycles. The van der Waals surface area contributed by atoms with Crippen LogP contribution in [0.1, 0.15) is 48.8 Å². The molecule has 45 heavy (non-hydrogen) atoms. The Morgan fingerprint density at radius 1 is 1.04 bits per heavy atom. The Labute approximate surface area is 265 Å². The Bertz CT molecular complexity index is 1670. The topological polar surface area (TPSA) is 133 Å². The van der Waals surface area contributed by atoms with E-state index in [0.717, 1.165) is 12.0 Å². The maximum atomic E-state index is 15.3. The first kappa shape index (κ1) is 30.6. The summed E-state index contributed by atoms with van der Waals surface area (Å²) in [5, 5.41) is 17.4. The number of hydrogen-bond acceptors (Lipinski definition) is 6. The number of urea groups is 1. The Morgan fingerprint density at radius 3 is 2.49 bits per heavy atom. The van der Waals surface area contributed by atoms with Gasteiger partial charge in [-0.25, -0.2) is 14.2 Å². The van der Waals surface area contributed by atoms with Gasteiger partial charge in [-0.05, 0) is 71.8 Å². The minimum Gasteiger partial charge on any atom is -0.383 e. The summed E-state index contributed by atoms with van der Waals surface area (Å²) in [4.78, 5) is 36.8. The van der Waals surface area contributed by atoms with E-state index in [0.29, 0.717) is 28.5 Å². The molecule has 3 amide bonds. The highest BCUT2D eigenvalue weighted by atomic mass is 35.5. The van der Waals surface area contributed by atoms with E-state index in [1.54, 1.807) is 54.9 Å². The van der Waals surface area contributed by atoms with Crippen LogP contribution < -0.4 is 16.4 Å². The molecule has 2 aromatic heterocycles. The van der Waals surface area contributed by atoms with Crippen LogP contribution in [0.25, 0.3) is 0 Å². The lowest BCUT2D eigenvalue weighted by Gasteiger charge is -2.31. The van der Waals surface area contributed by atoms with Gasteiger partial charge in [0.15, 0.2) is 0 Å². The van der Waals surface area contributed by atoms with Crippen LogP contribution in [-0.2, 0) is 15.9 Å². The Balaban J connectivity index is 1.29. The smallest absolute Gasteiger partial charge is 0.323 e. The third-order valence-corrected chi connectivity index (χ3v) is 8.98. The van der Waals surface area contributed by atoms with Crippen molar-refractivity contribution >= 4 is 35.0 Å². The largest absolute Gasteiger partial charge is 0.383 e. The number of nitrogens with zero attached hydrogens (tertiary/aromatic N) is 3. The lowest BCUT2D eigenvalue weighted by Crippen LogP contribution is -2.45. The number of benzene rings is 2. The van der Waals surface area contributed by atoms with Crippen LogP contribution in [0.4, 0.5) is 20.7 Å². The average Bonchev–Trinajstić information content (AvgIpc) is 3.82. The van der Waals surface area contributed by atoms with Gasteiger partial charge >= 0.3 is 6.03 Å². The maximum absolute atomic E-state index is 15.3. The number of anilines is 2. The molecule has 11 heteroatoms. The molecule has 232 valence electrons. The van der Waals surface area contributed by atoms with Gasteiger partial charge in [-0.15, -0.1) is 0 Å². The van der Waals surface area contributed by atoms with Gasteiger partial charge in [-0.1, -0.05) is 60.8 Å². The molecular formula is C34H34ClFN6O3. The summed E-state index contributed by atoms with van der Waals surface area (Å²) < 4.78 is 15.3. The molecule has 0 bridgehead atoms. The molecule has 2 aliphatic rings. The standard InChI is InChI=1S/C34H34ClFN6O3/c35-26-9-11-30(39-20-26)41-32(44)42-21-33(45,23-4-2-1-3-5-23)19-29(42)31(43)40-28-18-25(8-10-27(28)36)34(37,15-12-22-6-7-22)24-13-16-38-17-14-24/h1-5,8-11,13-14,16-18,20,22,29,45H,6-7,12,15,19,21,37H2,(H,40,43)(H,39,41,44). The number of hydrogen-bond donors (Lipinski definition) is 4. The second-order valence-corrected chi connectivity index (χ2v) is 12.3. The molecule has 0 radical (unpaired) electrons. The van der Waals surface area contributed by atoms with Crippen molar-refractivity contribution in [3.8, 4) is 0 Å². The number of amides is 3. The highest BCUT2D eigenvalue weighted by Gasteiger charge is 2.49. The first-order valence-electron chi connectivity index (χ1n) is 14.9. The summed E-state index contributed by atoms with van der Waals surface area (Å²) in [6, 6.07) is 18.3. The first-order chi connectivity index (χ1) is 21.6. The normalized spacial score (nSPS) is 20.8. The number of halogens is 2. The maximum Gasteiger partial charge on any atom is 0.323 e. The third-order valence-electron chi connectivity index (χ3n) is 8.75. The quantitative estimate of drug-likeness (QED) is 0.185. The van der Waals surface area contributed by atoms with Crippen LogP contribution >= 0.6 is 11.6 Å². The average molecular weight is 629 g/mol. The molecule has 1 saturated carbocycles. The minimum atomic E-state index is -1.52. The number of nitrogens with one attached hydrogen (secondary N) is 2. The van der Waals surface area contributed by atoms with Crippen molar-refractivity contribution in [3.05, 3.63) is 119 Å². The fourth-order valence-electron chi connectivity index (χ4n) is 5.98. The van der Waals surface area contributed by atoms with E-state index in [9.17, 15) is 14.7 Å². The SMILES string of the molecule is NC(CCC1CC1)(c1ccncc1)c1ccc(F)c(NC(=O)C2CC(O)(c3ccccc3)CN2C(=O)Nc2ccc(Cl)cn2)c1. The predicted molar refractivity (Wildman–Crippen MR) is 170 cm³/mol. The van der Waals surface area contributed by atoms with Gasteiger partial charge in [0.25, 0.3) is 0 Å².